The van der Waals surface area contributed by atoms with E-state index in [1.807, 2.05) is 14.0 Å². The lowest BCUT2D eigenvalue weighted by molar-refractivity contribution is 0.134. The van der Waals surface area contributed by atoms with Gasteiger partial charge in [0.2, 0.25) is 0 Å². The van der Waals surface area contributed by atoms with E-state index in [0.29, 0.717) is 11.5 Å². The second-order valence-electron chi connectivity index (χ2n) is 6.28. The van der Waals surface area contributed by atoms with Gasteiger partial charge in [0.25, 0.3) is 0 Å². The molecule has 1 N–H and O–H groups in total. The molecule has 0 spiro atoms. The smallest absolute Gasteiger partial charge is 0.118 e. The second kappa shape index (κ2) is 5.89. The van der Waals surface area contributed by atoms with Crippen molar-refractivity contribution in [3.63, 3.8) is 0 Å². The van der Waals surface area contributed by atoms with Crippen LogP contribution in [0.1, 0.15) is 44.8 Å². The van der Waals surface area contributed by atoms with Crippen molar-refractivity contribution in [1.82, 2.24) is 10.2 Å². The van der Waals surface area contributed by atoms with Gasteiger partial charge in [-0.2, -0.15) is 0 Å². The highest BCUT2D eigenvalue weighted by molar-refractivity contribution is 5.20. The molecule has 0 aromatic carbocycles. The molecule has 1 heterocycles. The highest BCUT2D eigenvalue weighted by Crippen LogP contribution is 2.25. The Kier molecular flexibility index (Phi) is 5.00. The first-order valence-corrected chi connectivity index (χ1v) is 6.68. The maximum Gasteiger partial charge on any atom is 0.118 e. The number of aryl methyl sites for hydroxylation is 1. The van der Waals surface area contributed by atoms with Crippen molar-refractivity contribution in [1.29, 1.82) is 0 Å². The van der Waals surface area contributed by atoms with Gasteiger partial charge in [-0.25, -0.2) is 0 Å². The van der Waals surface area contributed by atoms with Crippen molar-refractivity contribution in [3.8, 4) is 0 Å². The molecule has 0 radical (unpaired) electrons. The summed E-state index contributed by atoms with van der Waals surface area (Å²) >= 11 is 0. The average molecular weight is 252 g/mol. The van der Waals surface area contributed by atoms with E-state index in [4.69, 9.17) is 4.42 Å². The number of nitrogens with zero attached hydrogens (tertiary/aromatic N) is 1. The topological polar surface area (TPSA) is 28.4 Å². The van der Waals surface area contributed by atoms with Crippen molar-refractivity contribution in [3.05, 3.63) is 23.2 Å². The molecule has 1 rings (SSSR count). The highest BCUT2D eigenvalue weighted by atomic mass is 16.3. The van der Waals surface area contributed by atoms with Gasteiger partial charge in [-0.1, -0.05) is 20.8 Å². The molecule has 0 aliphatic carbocycles. The Labute approximate surface area is 112 Å². The molecule has 1 atom stereocenters. The molecule has 0 amide bonds. The summed E-state index contributed by atoms with van der Waals surface area (Å²) in [5.74, 6) is 2.05. The predicted octanol–water partition coefficient (Wildman–Crippen LogP) is 3.17. The lowest BCUT2D eigenvalue weighted by atomic mass is 9.87. The van der Waals surface area contributed by atoms with Crippen LogP contribution in [0.4, 0.5) is 0 Å². The van der Waals surface area contributed by atoms with Crippen LogP contribution in [-0.4, -0.2) is 25.0 Å². The molecule has 3 nitrogen and oxygen atoms in total. The molecule has 0 aliphatic rings. The Morgan fingerprint density at radius 1 is 1.39 bits per heavy atom. The molecule has 0 bridgehead atoms. The van der Waals surface area contributed by atoms with Crippen LogP contribution in [-0.2, 0) is 13.1 Å². The number of hydrogen-bond acceptors (Lipinski definition) is 3. The molecule has 1 unspecified atom stereocenters. The third-order valence-corrected chi connectivity index (χ3v) is 3.76. The molecule has 0 fully saturated rings. The summed E-state index contributed by atoms with van der Waals surface area (Å²) in [6.07, 6.45) is 0. The number of furan rings is 1. The fourth-order valence-electron chi connectivity index (χ4n) is 2.07. The van der Waals surface area contributed by atoms with Gasteiger partial charge < -0.3 is 9.73 Å². The van der Waals surface area contributed by atoms with Gasteiger partial charge in [0.1, 0.15) is 11.5 Å². The summed E-state index contributed by atoms with van der Waals surface area (Å²) in [5, 5.41) is 3.12. The van der Waals surface area contributed by atoms with Gasteiger partial charge in [0.15, 0.2) is 0 Å². The van der Waals surface area contributed by atoms with Crippen molar-refractivity contribution in [2.75, 3.05) is 14.1 Å². The summed E-state index contributed by atoms with van der Waals surface area (Å²) in [4.78, 5) is 2.39. The van der Waals surface area contributed by atoms with Crippen LogP contribution in [0.3, 0.4) is 0 Å². The van der Waals surface area contributed by atoms with E-state index < -0.39 is 0 Å². The monoisotopic (exact) mass is 252 g/mol. The van der Waals surface area contributed by atoms with Crippen LogP contribution >= 0.6 is 0 Å². The molecule has 1 aromatic heterocycles. The van der Waals surface area contributed by atoms with Crippen molar-refractivity contribution < 1.29 is 4.42 Å². The van der Waals surface area contributed by atoms with Gasteiger partial charge in [0, 0.05) is 18.2 Å². The zero-order chi connectivity index (χ0) is 13.9. The fraction of sp³-hybridized carbons (Fsp3) is 0.733. The summed E-state index contributed by atoms with van der Waals surface area (Å²) in [6, 6.07) is 2.69. The van der Waals surface area contributed by atoms with Crippen molar-refractivity contribution in [2.24, 2.45) is 5.41 Å². The first kappa shape index (κ1) is 15.3. The predicted molar refractivity (Wildman–Crippen MR) is 76.6 cm³/mol. The number of nitrogens with one attached hydrogen (secondary N) is 1. The summed E-state index contributed by atoms with van der Waals surface area (Å²) in [6.45, 7) is 12.9. The van der Waals surface area contributed by atoms with E-state index in [2.05, 4.69) is 51.0 Å². The van der Waals surface area contributed by atoms with Gasteiger partial charge >= 0.3 is 0 Å². The standard InChI is InChI=1S/C15H28N2O/c1-11-13(8-14(18-11)9-16-6)10-17(7)12(2)15(3,4)5/h8,12,16H,9-10H2,1-7H3. The molecular weight excluding hydrogens is 224 g/mol. The minimum absolute atomic E-state index is 0.292. The van der Waals surface area contributed by atoms with E-state index in [1.54, 1.807) is 0 Å². The molecule has 0 aliphatic heterocycles. The summed E-state index contributed by atoms with van der Waals surface area (Å²) in [7, 11) is 4.12. The average Bonchev–Trinajstić information content (AvgIpc) is 2.57. The third-order valence-electron chi connectivity index (χ3n) is 3.76. The minimum Gasteiger partial charge on any atom is -0.465 e. The maximum atomic E-state index is 5.73. The van der Waals surface area contributed by atoms with Crippen LogP contribution in [0, 0.1) is 12.3 Å². The van der Waals surface area contributed by atoms with Crippen LogP contribution in [0.15, 0.2) is 10.5 Å². The minimum atomic E-state index is 0.292. The Morgan fingerprint density at radius 2 is 2.00 bits per heavy atom. The van der Waals surface area contributed by atoms with E-state index in [-0.39, 0.29) is 0 Å². The molecular formula is C15H28N2O. The van der Waals surface area contributed by atoms with Crippen LogP contribution in [0.25, 0.3) is 0 Å². The van der Waals surface area contributed by atoms with Gasteiger partial charge in [-0.15, -0.1) is 0 Å². The van der Waals surface area contributed by atoms with Gasteiger partial charge in [0.05, 0.1) is 6.54 Å². The maximum absolute atomic E-state index is 5.73. The molecule has 0 saturated heterocycles. The molecule has 18 heavy (non-hydrogen) atoms. The van der Waals surface area contributed by atoms with Crippen LogP contribution in [0.5, 0.6) is 0 Å². The number of hydrogen-bond donors (Lipinski definition) is 1. The Balaban J connectivity index is 2.72. The third kappa shape index (κ3) is 3.85. The molecule has 0 saturated carbocycles. The zero-order valence-electron chi connectivity index (χ0n) is 12.9. The van der Waals surface area contributed by atoms with Crippen molar-refractivity contribution in [2.45, 2.75) is 53.8 Å². The summed E-state index contributed by atoms with van der Waals surface area (Å²) in [5.41, 5.74) is 1.58. The van der Waals surface area contributed by atoms with E-state index in [1.165, 1.54) is 5.56 Å². The summed E-state index contributed by atoms with van der Waals surface area (Å²) < 4.78 is 5.73. The normalized spacial score (nSPS) is 14.2. The van der Waals surface area contributed by atoms with Gasteiger partial charge in [-0.3, -0.25) is 4.90 Å². The van der Waals surface area contributed by atoms with Crippen molar-refractivity contribution >= 4 is 0 Å². The lowest BCUT2D eigenvalue weighted by Crippen LogP contribution is -2.38. The van der Waals surface area contributed by atoms with E-state index in [9.17, 15) is 0 Å². The second-order valence-corrected chi connectivity index (χ2v) is 6.28. The first-order chi connectivity index (χ1) is 8.25. The zero-order valence-corrected chi connectivity index (χ0v) is 12.9. The Hall–Kier alpha value is -0.800. The largest absolute Gasteiger partial charge is 0.465 e. The first-order valence-electron chi connectivity index (χ1n) is 6.68. The van der Waals surface area contributed by atoms with E-state index in [0.717, 1.165) is 24.6 Å². The van der Waals surface area contributed by atoms with Gasteiger partial charge in [-0.05, 0) is 39.4 Å². The van der Waals surface area contributed by atoms with Crippen LogP contribution < -0.4 is 5.32 Å². The quantitative estimate of drug-likeness (QED) is 0.872. The highest BCUT2D eigenvalue weighted by Gasteiger charge is 2.24. The molecule has 104 valence electrons. The fourth-order valence-corrected chi connectivity index (χ4v) is 2.07. The molecule has 1 aromatic rings. The Bertz CT molecular complexity index is 376. The SMILES string of the molecule is CNCc1cc(CN(C)C(C)C(C)(C)C)c(C)o1. The van der Waals surface area contributed by atoms with E-state index >= 15 is 0 Å². The number of rotatable bonds is 5. The lowest BCUT2D eigenvalue weighted by Gasteiger charge is -2.35. The van der Waals surface area contributed by atoms with Crippen LogP contribution in [0.2, 0.25) is 0 Å². The molecule has 3 heteroatoms. The Morgan fingerprint density at radius 3 is 2.50 bits per heavy atom.